The van der Waals surface area contributed by atoms with E-state index < -0.39 is 0 Å². The molecule has 1 aromatic heterocycles. The molecule has 0 aliphatic heterocycles. The third-order valence-electron chi connectivity index (χ3n) is 3.81. The lowest BCUT2D eigenvalue weighted by atomic mass is 10.2. The molecular formula is C20H18ClN3O2S. The maximum Gasteiger partial charge on any atom is 0.234 e. The number of carbonyl (C=O) groups excluding carboxylic acids is 2. The molecule has 0 aliphatic rings. The van der Waals surface area contributed by atoms with E-state index in [2.05, 4.69) is 10.3 Å². The Morgan fingerprint density at radius 2 is 1.81 bits per heavy atom. The summed E-state index contributed by atoms with van der Waals surface area (Å²) < 4.78 is 1.58. The molecule has 27 heavy (non-hydrogen) atoms. The van der Waals surface area contributed by atoms with E-state index >= 15 is 0 Å². The van der Waals surface area contributed by atoms with Crippen molar-refractivity contribution in [3.05, 3.63) is 65.8 Å². The summed E-state index contributed by atoms with van der Waals surface area (Å²) >= 11 is 7.07. The van der Waals surface area contributed by atoms with Crippen LogP contribution in [0.3, 0.4) is 0 Å². The number of amides is 1. The molecule has 0 fully saturated rings. The highest BCUT2D eigenvalue weighted by molar-refractivity contribution is 7.99. The molecule has 0 saturated heterocycles. The number of imidazole rings is 1. The van der Waals surface area contributed by atoms with Crippen molar-refractivity contribution < 1.29 is 9.59 Å². The summed E-state index contributed by atoms with van der Waals surface area (Å²) in [7, 11) is 0. The van der Waals surface area contributed by atoms with Crippen molar-refractivity contribution in [2.45, 2.75) is 18.5 Å². The number of hydrogen-bond donors (Lipinski definition) is 1. The van der Waals surface area contributed by atoms with Gasteiger partial charge in [0.25, 0.3) is 0 Å². The Balaban J connectivity index is 1.74. The highest BCUT2D eigenvalue weighted by Gasteiger charge is 2.18. The number of anilines is 1. The molecule has 1 N–H and O–H groups in total. The van der Waals surface area contributed by atoms with Crippen molar-refractivity contribution in [3.63, 3.8) is 0 Å². The quantitative estimate of drug-likeness (QED) is 0.593. The van der Waals surface area contributed by atoms with Crippen LogP contribution in [0.5, 0.6) is 0 Å². The SMILES string of the molecule is CCC(=O)n1c(-c2ccccc2)cnc1SCC(=O)Nc1ccc(Cl)cc1. The predicted octanol–water partition coefficient (Wildman–Crippen LogP) is 4.98. The van der Waals surface area contributed by atoms with Crippen LogP contribution >= 0.6 is 23.4 Å². The number of hydrogen-bond acceptors (Lipinski definition) is 4. The molecule has 3 aromatic rings. The smallest absolute Gasteiger partial charge is 0.234 e. The molecule has 0 unspecified atom stereocenters. The summed E-state index contributed by atoms with van der Waals surface area (Å²) in [6, 6.07) is 16.5. The van der Waals surface area contributed by atoms with Crippen LogP contribution in [0.25, 0.3) is 11.3 Å². The first kappa shape index (κ1) is 19.2. The van der Waals surface area contributed by atoms with Gasteiger partial charge >= 0.3 is 0 Å². The molecule has 5 nitrogen and oxygen atoms in total. The molecule has 7 heteroatoms. The maximum atomic E-state index is 12.5. The van der Waals surface area contributed by atoms with E-state index in [1.807, 2.05) is 30.3 Å². The van der Waals surface area contributed by atoms with Gasteiger partial charge in [0.1, 0.15) is 0 Å². The summed E-state index contributed by atoms with van der Waals surface area (Å²) in [5.41, 5.74) is 2.30. The average molecular weight is 400 g/mol. The second kappa shape index (κ2) is 8.88. The van der Waals surface area contributed by atoms with Gasteiger partial charge in [-0.05, 0) is 24.3 Å². The fourth-order valence-electron chi connectivity index (χ4n) is 2.51. The fourth-order valence-corrected chi connectivity index (χ4v) is 3.42. The van der Waals surface area contributed by atoms with Gasteiger partial charge in [0, 0.05) is 22.7 Å². The van der Waals surface area contributed by atoms with Crippen LogP contribution in [0, 0.1) is 0 Å². The van der Waals surface area contributed by atoms with Gasteiger partial charge in [-0.3, -0.25) is 14.2 Å². The minimum Gasteiger partial charge on any atom is -0.325 e. The van der Waals surface area contributed by atoms with E-state index in [1.165, 1.54) is 11.8 Å². The minimum atomic E-state index is -0.179. The summed E-state index contributed by atoms with van der Waals surface area (Å²) in [5, 5.41) is 3.91. The third-order valence-corrected chi connectivity index (χ3v) is 5.02. The number of nitrogens with one attached hydrogen (secondary N) is 1. The fraction of sp³-hybridized carbons (Fsp3) is 0.150. The Bertz CT molecular complexity index is 940. The first-order chi connectivity index (χ1) is 13.1. The van der Waals surface area contributed by atoms with Crippen LogP contribution in [-0.4, -0.2) is 27.1 Å². The number of benzene rings is 2. The zero-order valence-electron chi connectivity index (χ0n) is 14.7. The number of halogens is 1. The van der Waals surface area contributed by atoms with Crippen LogP contribution in [-0.2, 0) is 4.79 Å². The van der Waals surface area contributed by atoms with Crippen molar-refractivity contribution in [1.82, 2.24) is 9.55 Å². The van der Waals surface area contributed by atoms with Gasteiger partial charge in [0.15, 0.2) is 5.16 Å². The van der Waals surface area contributed by atoms with Crippen molar-refractivity contribution in [2.75, 3.05) is 11.1 Å². The average Bonchev–Trinajstić information content (AvgIpc) is 3.12. The monoisotopic (exact) mass is 399 g/mol. The van der Waals surface area contributed by atoms with Crippen LogP contribution in [0.15, 0.2) is 66.0 Å². The van der Waals surface area contributed by atoms with Gasteiger partial charge in [-0.15, -0.1) is 0 Å². The zero-order valence-corrected chi connectivity index (χ0v) is 16.3. The highest BCUT2D eigenvalue weighted by atomic mass is 35.5. The van der Waals surface area contributed by atoms with Gasteiger partial charge in [-0.1, -0.05) is 60.6 Å². The van der Waals surface area contributed by atoms with E-state index in [1.54, 1.807) is 42.0 Å². The Labute approximate surface area is 166 Å². The summed E-state index contributed by atoms with van der Waals surface area (Å²) in [4.78, 5) is 29.0. The molecule has 1 amide bonds. The van der Waals surface area contributed by atoms with Gasteiger partial charge < -0.3 is 5.32 Å². The Hall–Kier alpha value is -2.57. The van der Waals surface area contributed by atoms with Crippen LogP contribution < -0.4 is 5.32 Å². The summed E-state index contributed by atoms with van der Waals surface area (Å²) in [6.45, 7) is 1.80. The van der Waals surface area contributed by atoms with Gasteiger partial charge in [-0.25, -0.2) is 4.98 Å². The number of aromatic nitrogens is 2. The lowest BCUT2D eigenvalue weighted by molar-refractivity contribution is -0.113. The van der Waals surface area contributed by atoms with Crippen molar-refractivity contribution >= 4 is 40.9 Å². The Kier molecular flexibility index (Phi) is 6.32. The molecule has 2 aromatic carbocycles. The van der Waals surface area contributed by atoms with E-state index in [-0.39, 0.29) is 17.6 Å². The van der Waals surface area contributed by atoms with Crippen LogP contribution in [0.4, 0.5) is 5.69 Å². The van der Waals surface area contributed by atoms with Crippen LogP contribution in [0.1, 0.15) is 18.1 Å². The minimum absolute atomic E-state index is 0.0630. The molecule has 0 spiro atoms. The molecule has 3 rings (SSSR count). The van der Waals surface area contributed by atoms with E-state index in [0.717, 1.165) is 11.3 Å². The third kappa shape index (κ3) is 4.78. The molecule has 0 radical (unpaired) electrons. The van der Waals surface area contributed by atoms with Gasteiger partial charge in [0.2, 0.25) is 11.8 Å². The van der Waals surface area contributed by atoms with Crippen molar-refractivity contribution in [3.8, 4) is 11.3 Å². The van der Waals surface area contributed by atoms with E-state index in [9.17, 15) is 9.59 Å². The van der Waals surface area contributed by atoms with Crippen molar-refractivity contribution in [2.24, 2.45) is 0 Å². The number of nitrogens with zero attached hydrogens (tertiary/aromatic N) is 2. The number of thioether (sulfide) groups is 1. The zero-order chi connectivity index (χ0) is 19.2. The lowest BCUT2D eigenvalue weighted by Crippen LogP contribution is -2.16. The van der Waals surface area contributed by atoms with Crippen molar-refractivity contribution in [1.29, 1.82) is 0 Å². The number of rotatable bonds is 6. The molecule has 0 bridgehead atoms. The second-order valence-corrected chi connectivity index (χ2v) is 7.10. The second-order valence-electron chi connectivity index (χ2n) is 5.72. The Morgan fingerprint density at radius 1 is 1.11 bits per heavy atom. The molecule has 138 valence electrons. The largest absolute Gasteiger partial charge is 0.325 e. The van der Waals surface area contributed by atoms with Gasteiger partial charge in [0.05, 0.1) is 17.6 Å². The molecular weight excluding hydrogens is 382 g/mol. The molecule has 1 heterocycles. The molecule has 0 aliphatic carbocycles. The maximum absolute atomic E-state index is 12.5. The summed E-state index contributed by atoms with van der Waals surface area (Å²) in [6.07, 6.45) is 2.02. The summed E-state index contributed by atoms with van der Waals surface area (Å²) in [5.74, 6) is -0.0979. The standard InChI is InChI=1S/C20H18ClN3O2S/c1-2-19(26)24-17(14-6-4-3-5-7-14)12-22-20(24)27-13-18(25)23-16-10-8-15(21)9-11-16/h3-12H,2,13H2,1H3,(H,23,25). The Morgan fingerprint density at radius 3 is 2.48 bits per heavy atom. The first-order valence-corrected chi connectivity index (χ1v) is 9.79. The van der Waals surface area contributed by atoms with Crippen LogP contribution in [0.2, 0.25) is 5.02 Å². The van der Waals surface area contributed by atoms with E-state index in [0.29, 0.717) is 22.3 Å². The number of carbonyl (C=O) groups is 2. The highest BCUT2D eigenvalue weighted by Crippen LogP contribution is 2.26. The van der Waals surface area contributed by atoms with E-state index in [4.69, 9.17) is 11.6 Å². The topological polar surface area (TPSA) is 64.0 Å². The normalized spacial score (nSPS) is 10.6. The predicted molar refractivity (Wildman–Crippen MR) is 109 cm³/mol. The molecule has 0 saturated carbocycles. The van der Waals surface area contributed by atoms with Gasteiger partial charge in [-0.2, -0.15) is 0 Å². The first-order valence-electron chi connectivity index (χ1n) is 8.43. The lowest BCUT2D eigenvalue weighted by Gasteiger charge is -2.10. The molecule has 0 atom stereocenters.